The van der Waals surface area contributed by atoms with Crippen LogP contribution >= 0.6 is 0 Å². The highest BCUT2D eigenvalue weighted by Crippen LogP contribution is 2.17. The van der Waals surface area contributed by atoms with Crippen molar-refractivity contribution in [2.45, 2.75) is 18.9 Å². The first-order valence-corrected chi connectivity index (χ1v) is 7.93. The van der Waals surface area contributed by atoms with Gasteiger partial charge in [0.25, 0.3) is 0 Å². The molecular weight excluding hydrogens is 292 g/mol. The Balaban J connectivity index is 1.40. The summed E-state index contributed by atoms with van der Waals surface area (Å²) in [6.07, 6.45) is 5.52. The second-order valence-electron chi connectivity index (χ2n) is 5.79. The van der Waals surface area contributed by atoms with Gasteiger partial charge in [0.15, 0.2) is 0 Å². The van der Waals surface area contributed by atoms with Crippen molar-refractivity contribution in [2.24, 2.45) is 7.05 Å². The molecule has 23 heavy (non-hydrogen) atoms. The van der Waals surface area contributed by atoms with Crippen LogP contribution in [0.2, 0.25) is 0 Å². The van der Waals surface area contributed by atoms with E-state index in [1.54, 1.807) is 4.68 Å². The number of amides is 2. The normalized spacial score (nSPS) is 17.3. The second kappa shape index (κ2) is 7.17. The molecule has 6 nitrogen and oxygen atoms in total. The van der Waals surface area contributed by atoms with Gasteiger partial charge in [0.05, 0.1) is 12.7 Å². The van der Waals surface area contributed by atoms with Crippen molar-refractivity contribution < 1.29 is 9.53 Å². The Hall–Kier alpha value is -2.50. The van der Waals surface area contributed by atoms with Crippen LogP contribution in [0.3, 0.4) is 0 Å². The molecule has 2 heterocycles. The zero-order chi connectivity index (χ0) is 16.1. The van der Waals surface area contributed by atoms with Gasteiger partial charge >= 0.3 is 6.03 Å². The number of urea groups is 1. The Morgan fingerprint density at radius 1 is 1.39 bits per heavy atom. The van der Waals surface area contributed by atoms with Crippen molar-refractivity contribution in [3.8, 4) is 5.75 Å². The van der Waals surface area contributed by atoms with Crippen molar-refractivity contribution in [1.29, 1.82) is 0 Å². The molecule has 0 radical (unpaired) electrons. The molecule has 1 unspecified atom stereocenters. The van der Waals surface area contributed by atoms with Gasteiger partial charge < -0.3 is 15.0 Å². The number of aromatic nitrogens is 2. The number of ether oxygens (including phenoxy) is 1. The number of para-hydroxylation sites is 1. The van der Waals surface area contributed by atoms with Crippen LogP contribution in [0, 0.1) is 0 Å². The molecule has 6 heteroatoms. The van der Waals surface area contributed by atoms with Crippen LogP contribution in [-0.2, 0) is 13.5 Å². The zero-order valence-electron chi connectivity index (χ0n) is 13.3. The average molecular weight is 314 g/mol. The smallest absolute Gasteiger partial charge is 0.317 e. The number of nitrogens with one attached hydrogen (secondary N) is 1. The van der Waals surface area contributed by atoms with E-state index in [0.717, 1.165) is 30.7 Å². The summed E-state index contributed by atoms with van der Waals surface area (Å²) in [4.78, 5) is 14.0. The molecule has 1 aromatic heterocycles. The number of carbonyl (C=O) groups is 1. The fourth-order valence-corrected chi connectivity index (χ4v) is 2.73. The fourth-order valence-electron chi connectivity index (χ4n) is 2.73. The Morgan fingerprint density at radius 3 is 2.96 bits per heavy atom. The summed E-state index contributed by atoms with van der Waals surface area (Å²) in [5.41, 5.74) is 1.12. The number of hydrogen-bond acceptors (Lipinski definition) is 3. The van der Waals surface area contributed by atoms with Crippen LogP contribution in [-0.4, -0.2) is 46.4 Å². The molecule has 1 fully saturated rings. The summed E-state index contributed by atoms with van der Waals surface area (Å²) < 4.78 is 7.67. The minimum atomic E-state index is -0.0203. The van der Waals surface area contributed by atoms with Crippen LogP contribution < -0.4 is 10.1 Å². The lowest BCUT2D eigenvalue weighted by atomic mass is 10.2. The van der Waals surface area contributed by atoms with Crippen LogP contribution in [0.25, 0.3) is 0 Å². The predicted molar refractivity (Wildman–Crippen MR) is 87.4 cm³/mol. The van der Waals surface area contributed by atoms with Crippen LogP contribution in [0.1, 0.15) is 12.0 Å². The van der Waals surface area contributed by atoms with E-state index in [1.165, 1.54) is 0 Å². The maximum absolute atomic E-state index is 12.2. The van der Waals surface area contributed by atoms with Crippen molar-refractivity contribution in [3.63, 3.8) is 0 Å². The molecule has 2 aromatic rings. The molecule has 3 rings (SSSR count). The minimum absolute atomic E-state index is 0.0203. The summed E-state index contributed by atoms with van der Waals surface area (Å²) in [5.74, 6) is 0.858. The molecule has 1 aromatic carbocycles. The summed E-state index contributed by atoms with van der Waals surface area (Å²) in [5, 5.41) is 7.08. The number of nitrogens with zero attached hydrogens (tertiary/aromatic N) is 3. The lowest BCUT2D eigenvalue weighted by Gasteiger charge is -2.18. The van der Waals surface area contributed by atoms with Gasteiger partial charge in [0.2, 0.25) is 0 Å². The van der Waals surface area contributed by atoms with E-state index in [1.807, 2.05) is 54.7 Å². The Labute approximate surface area is 136 Å². The number of benzene rings is 1. The molecule has 122 valence electrons. The predicted octanol–water partition coefficient (Wildman–Crippen LogP) is 1.83. The molecule has 2 amide bonds. The van der Waals surface area contributed by atoms with Crippen LogP contribution in [0.15, 0.2) is 42.7 Å². The van der Waals surface area contributed by atoms with Gasteiger partial charge in [0.1, 0.15) is 11.9 Å². The van der Waals surface area contributed by atoms with Gasteiger partial charge in [-0.2, -0.15) is 5.10 Å². The molecule has 1 aliphatic heterocycles. The van der Waals surface area contributed by atoms with Crippen molar-refractivity contribution in [1.82, 2.24) is 20.0 Å². The van der Waals surface area contributed by atoms with Gasteiger partial charge in [-0.1, -0.05) is 18.2 Å². The zero-order valence-corrected chi connectivity index (χ0v) is 13.3. The summed E-state index contributed by atoms with van der Waals surface area (Å²) in [7, 11) is 1.89. The highest BCUT2D eigenvalue weighted by Gasteiger charge is 2.27. The molecule has 0 spiro atoms. The largest absolute Gasteiger partial charge is 0.489 e. The van der Waals surface area contributed by atoms with Crippen molar-refractivity contribution >= 4 is 6.03 Å². The molecule has 1 N–H and O–H groups in total. The van der Waals surface area contributed by atoms with Gasteiger partial charge in [-0.05, 0) is 24.1 Å². The first-order valence-electron chi connectivity index (χ1n) is 7.93. The second-order valence-corrected chi connectivity index (χ2v) is 5.79. The van der Waals surface area contributed by atoms with Crippen molar-refractivity contribution in [3.05, 3.63) is 48.3 Å². The highest BCUT2D eigenvalue weighted by atomic mass is 16.5. The van der Waals surface area contributed by atoms with E-state index in [4.69, 9.17) is 4.74 Å². The summed E-state index contributed by atoms with van der Waals surface area (Å²) in [6.45, 7) is 1.98. The lowest BCUT2D eigenvalue weighted by Crippen LogP contribution is -2.40. The van der Waals surface area contributed by atoms with E-state index >= 15 is 0 Å². The van der Waals surface area contributed by atoms with E-state index < -0.39 is 0 Å². The van der Waals surface area contributed by atoms with Crippen molar-refractivity contribution in [2.75, 3.05) is 19.6 Å². The van der Waals surface area contributed by atoms with E-state index in [9.17, 15) is 4.79 Å². The number of likely N-dealkylation sites (tertiary alicyclic amines) is 1. The standard InChI is InChI=1S/C17H22N4O2/c1-20-12-14(11-19-20)7-9-18-17(22)21-10-8-16(13-21)23-15-5-3-2-4-6-15/h2-6,11-12,16H,7-10,13H2,1H3,(H,18,22). The Bertz CT molecular complexity index is 641. The third kappa shape index (κ3) is 4.25. The topological polar surface area (TPSA) is 59.4 Å². The third-order valence-corrected chi connectivity index (χ3v) is 3.93. The molecule has 0 saturated carbocycles. The molecule has 1 atom stereocenters. The van der Waals surface area contributed by atoms with E-state index in [-0.39, 0.29) is 12.1 Å². The Morgan fingerprint density at radius 2 is 2.22 bits per heavy atom. The van der Waals surface area contributed by atoms with Crippen LogP contribution in [0.5, 0.6) is 5.75 Å². The lowest BCUT2D eigenvalue weighted by molar-refractivity contribution is 0.187. The fraction of sp³-hybridized carbons (Fsp3) is 0.412. The maximum atomic E-state index is 12.2. The molecule has 0 aliphatic carbocycles. The summed E-state index contributed by atoms with van der Waals surface area (Å²) >= 11 is 0. The molecule has 1 aliphatic rings. The van der Waals surface area contributed by atoms with Gasteiger partial charge in [0, 0.05) is 32.8 Å². The average Bonchev–Trinajstić information content (AvgIpc) is 3.18. The van der Waals surface area contributed by atoms with Crippen LogP contribution in [0.4, 0.5) is 4.79 Å². The number of rotatable bonds is 5. The first-order chi connectivity index (χ1) is 11.2. The minimum Gasteiger partial charge on any atom is -0.489 e. The maximum Gasteiger partial charge on any atom is 0.317 e. The SMILES string of the molecule is Cn1cc(CCNC(=O)N2CCC(Oc3ccccc3)C2)cn1. The molecule has 1 saturated heterocycles. The molecule has 0 bridgehead atoms. The number of aryl methyl sites for hydroxylation is 1. The monoisotopic (exact) mass is 314 g/mol. The number of hydrogen-bond donors (Lipinski definition) is 1. The van der Waals surface area contributed by atoms with E-state index in [0.29, 0.717) is 13.1 Å². The third-order valence-electron chi connectivity index (χ3n) is 3.93. The highest BCUT2D eigenvalue weighted by molar-refractivity contribution is 5.74. The van der Waals surface area contributed by atoms with Gasteiger partial charge in [-0.3, -0.25) is 4.68 Å². The van der Waals surface area contributed by atoms with E-state index in [2.05, 4.69) is 10.4 Å². The van der Waals surface area contributed by atoms with Gasteiger partial charge in [-0.25, -0.2) is 4.79 Å². The molecular formula is C17H22N4O2. The number of carbonyl (C=O) groups excluding carboxylic acids is 1. The Kier molecular flexibility index (Phi) is 4.80. The quantitative estimate of drug-likeness (QED) is 0.916. The first kappa shape index (κ1) is 15.4. The summed E-state index contributed by atoms with van der Waals surface area (Å²) in [6, 6.07) is 9.73. The van der Waals surface area contributed by atoms with Gasteiger partial charge in [-0.15, -0.1) is 0 Å².